The zero-order chi connectivity index (χ0) is 17.4. The van der Waals surface area contributed by atoms with Crippen molar-refractivity contribution in [2.24, 2.45) is 0 Å². The van der Waals surface area contributed by atoms with Gasteiger partial charge in [0, 0.05) is 25.9 Å². The van der Waals surface area contributed by atoms with Crippen molar-refractivity contribution in [1.82, 2.24) is 4.90 Å². The molecule has 1 amide bonds. The number of likely N-dealkylation sites (tertiary alicyclic amines) is 1. The number of piperidine rings is 1. The summed E-state index contributed by atoms with van der Waals surface area (Å²) in [5.41, 5.74) is 0.329. The van der Waals surface area contributed by atoms with Crippen molar-refractivity contribution in [2.75, 3.05) is 13.1 Å². The molecule has 0 aliphatic carbocycles. The van der Waals surface area contributed by atoms with Gasteiger partial charge in [-0.15, -0.1) is 0 Å². The first-order valence-electron chi connectivity index (χ1n) is 8.62. The molecule has 2 saturated heterocycles. The molecule has 130 valence electrons. The number of carbonyl (C=O) groups is 1. The first-order chi connectivity index (χ1) is 11.3. The maximum absolute atomic E-state index is 10.7. The summed E-state index contributed by atoms with van der Waals surface area (Å²) in [6, 6.07) is 7.93. The van der Waals surface area contributed by atoms with Crippen molar-refractivity contribution in [3.05, 3.63) is 24.3 Å². The minimum Gasteiger partial charge on any atom is -0.490 e. The topological polar surface area (TPSA) is 48.0 Å². The van der Waals surface area contributed by atoms with E-state index in [0.717, 1.165) is 43.6 Å². The summed E-state index contributed by atoms with van der Waals surface area (Å²) >= 11 is 0. The van der Waals surface area contributed by atoms with Crippen molar-refractivity contribution < 1.29 is 18.8 Å². The van der Waals surface area contributed by atoms with Crippen molar-refractivity contribution in [3.63, 3.8) is 0 Å². The van der Waals surface area contributed by atoms with Crippen LogP contribution in [0.25, 0.3) is 0 Å². The van der Waals surface area contributed by atoms with Gasteiger partial charge in [-0.2, -0.15) is 0 Å². The zero-order valence-electron chi connectivity index (χ0n) is 15.0. The average molecular weight is 331 g/mol. The number of hydrogen-bond acceptors (Lipinski definition) is 4. The summed E-state index contributed by atoms with van der Waals surface area (Å²) in [6.45, 7) is 9.74. The number of ether oxygens (including phenoxy) is 1. The highest BCUT2D eigenvalue weighted by Crippen LogP contribution is 2.36. The van der Waals surface area contributed by atoms with Gasteiger partial charge in [-0.3, -0.25) is 4.79 Å². The van der Waals surface area contributed by atoms with Gasteiger partial charge in [0.05, 0.1) is 11.2 Å². The van der Waals surface area contributed by atoms with E-state index in [1.165, 1.54) is 0 Å². The molecule has 2 heterocycles. The maximum atomic E-state index is 10.7. The molecule has 2 fully saturated rings. The van der Waals surface area contributed by atoms with Gasteiger partial charge in [-0.05, 0) is 45.3 Å². The van der Waals surface area contributed by atoms with Gasteiger partial charge in [0.1, 0.15) is 11.9 Å². The fraction of sp³-hybridized carbons (Fsp3) is 0.611. The Balaban J connectivity index is 1.59. The Bertz CT molecular complexity index is 563. The highest BCUT2D eigenvalue weighted by Gasteiger charge is 2.51. The normalized spacial score (nSPS) is 23.3. The molecule has 6 heteroatoms. The number of benzene rings is 1. The Kier molecular flexibility index (Phi) is 4.62. The van der Waals surface area contributed by atoms with Crippen LogP contribution in [0.5, 0.6) is 5.75 Å². The lowest BCUT2D eigenvalue weighted by Crippen LogP contribution is -2.41. The van der Waals surface area contributed by atoms with Crippen LogP contribution in [0, 0.1) is 0 Å². The van der Waals surface area contributed by atoms with Crippen LogP contribution in [0.15, 0.2) is 24.3 Å². The Morgan fingerprint density at radius 2 is 1.62 bits per heavy atom. The van der Waals surface area contributed by atoms with E-state index in [1.54, 1.807) is 4.90 Å². The third-order valence-electron chi connectivity index (χ3n) is 5.33. The molecule has 0 unspecified atom stereocenters. The summed E-state index contributed by atoms with van der Waals surface area (Å²) in [7, 11) is -0.347. The molecule has 24 heavy (non-hydrogen) atoms. The van der Waals surface area contributed by atoms with Crippen LogP contribution in [0.3, 0.4) is 0 Å². The Morgan fingerprint density at radius 3 is 2.12 bits per heavy atom. The molecule has 1 aromatic carbocycles. The zero-order valence-corrected chi connectivity index (χ0v) is 15.0. The first-order valence-corrected chi connectivity index (χ1v) is 8.62. The van der Waals surface area contributed by atoms with Crippen molar-refractivity contribution in [2.45, 2.75) is 57.8 Å². The molecule has 0 aromatic heterocycles. The third kappa shape index (κ3) is 3.45. The standard InChI is InChI=1S/C18H26BNO4/c1-17(2)18(3,4)24-19(23-17)14-5-7-15(8-6-14)22-16-9-11-20(13-21)12-10-16/h5-8,13,16H,9-12H2,1-4H3. The number of nitrogens with zero attached hydrogens (tertiary/aromatic N) is 1. The van der Waals surface area contributed by atoms with Crippen molar-refractivity contribution in [3.8, 4) is 5.75 Å². The van der Waals surface area contributed by atoms with E-state index < -0.39 is 0 Å². The van der Waals surface area contributed by atoms with Crippen LogP contribution < -0.4 is 10.2 Å². The van der Waals surface area contributed by atoms with E-state index in [-0.39, 0.29) is 24.4 Å². The smallest absolute Gasteiger partial charge is 0.490 e. The number of rotatable bonds is 4. The summed E-state index contributed by atoms with van der Waals surface area (Å²) in [6.07, 6.45) is 2.83. The Morgan fingerprint density at radius 1 is 1.08 bits per heavy atom. The molecule has 0 atom stereocenters. The lowest BCUT2D eigenvalue weighted by Gasteiger charge is -2.32. The monoisotopic (exact) mass is 331 g/mol. The minimum atomic E-state index is -0.347. The van der Waals surface area contributed by atoms with E-state index in [4.69, 9.17) is 14.0 Å². The summed E-state index contributed by atoms with van der Waals surface area (Å²) in [5, 5.41) is 0. The second-order valence-corrected chi connectivity index (χ2v) is 7.62. The van der Waals surface area contributed by atoms with Crippen LogP contribution in [0.2, 0.25) is 0 Å². The fourth-order valence-corrected chi connectivity index (χ4v) is 2.97. The average Bonchev–Trinajstić information content (AvgIpc) is 2.77. The van der Waals surface area contributed by atoms with E-state index in [1.807, 2.05) is 24.3 Å². The SMILES string of the molecule is CC1(C)OB(c2ccc(OC3CCN(C=O)CC3)cc2)OC1(C)C. The van der Waals surface area contributed by atoms with E-state index in [0.29, 0.717) is 0 Å². The van der Waals surface area contributed by atoms with Crippen molar-refractivity contribution >= 4 is 19.0 Å². The lowest BCUT2D eigenvalue weighted by molar-refractivity contribution is -0.119. The number of hydrogen-bond donors (Lipinski definition) is 0. The summed E-state index contributed by atoms with van der Waals surface area (Å²) < 4.78 is 18.1. The highest BCUT2D eigenvalue weighted by atomic mass is 16.7. The molecule has 2 aliphatic rings. The van der Waals surface area contributed by atoms with Crippen LogP contribution in [-0.4, -0.2) is 48.8 Å². The lowest BCUT2D eigenvalue weighted by atomic mass is 9.79. The molecule has 0 spiro atoms. The Labute approximate surface area is 144 Å². The number of carbonyl (C=O) groups excluding carboxylic acids is 1. The maximum Gasteiger partial charge on any atom is 0.494 e. The number of amides is 1. The second-order valence-electron chi connectivity index (χ2n) is 7.62. The highest BCUT2D eigenvalue weighted by molar-refractivity contribution is 6.62. The van der Waals surface area contributed by atoms with E-state index in [2.05, 4.69) is 27.7 Å². The Hall–Kier alpha value is -1.53. The predicted molar refractivity (Wildman–Crippen MR) is 93.4 cm³/mol. The fourth-order valence-electron chi connectivity index (χ4n) is 2.97. The predicted octanol–water partition coefficient (Wildman–Crippen LogP) is 1.99. The van der Waals surface area contributed by atoms with Gasteiger partial charge in [0.25, 0.3) is 0 Å². The second kappa shape index (κ2) is 6.41. The van der Waals surface area contributed by atoms with Crippen LogP contribution in [0.1, 0.15) is 40.5 Å². The molecule has 0 saturated carbocycles. The molecule has 0 N–H and O–H groups in total. The molecule has 2 aliphatic heterocycles. The minimum absolute atomic E-state index is 0.170. The molecule has 1 aromatic rings. The van der Waals surface area contributed by atoms with Gasteiger partial charge < -0.3 is 18.9 Å². The van der Waals surface area contributed by atoms with E-state index >= 15 is 0 Å². The van der Waals surface area contributed by atoms with Crippen LogP contribution in [-0.2, 0) is 14.1 Å². The molecule has 0 bridgehead atoms. The van der Waals surface area contributed by atoms with Gasteiger partial charge in [0.2, 0.25) is 6.41 Å². The van der Waals surface area contributed by atoms with Gasteiger partial charge in [-0.1, -0.05) is 12.1 Å². The molecule has 3 rings (SSSR count). The van der Waals surface area contributed by atoms with E-state index in [9.17, 15) is 4.79 Å². The largest absolute Gasteiger partial charge is 0.494 e. The quantitative estimate of drug-likeness (QED) is 0.625. The van der Waals surface area contributed by atoms with Gasteiger partial charge in [-0.25, -0.2) is 0 Å². The van der Waals surface area contributed by atoms with Crippen LogP contribution >= 0.6 is 0 Å². The van der Waals surface area contributed by atoms with Gasteiger partial charge >= 0.3 is 7.12 Å². The van der Waals surface area contributed by atoms with Crippen LogP contribution in [0.4, 0.5) is 0 Å². The third-order valence-corrected chi connectivity index (χ3v) is 5.33. The molecule has 0 radical (unpaired) electrons. The van der Waals surface area contributed by atoms with Gasteiger partial charge in [0.15, 0.2) is 0 Å². The molecular weight excluding hydrogens is 305 g/mol. The molecule has 5 nitrogen and oxygen atoms in total. The first kappa shape index (κ1) is 17.3. The summed E-state index contributed by atoms with van der Waals surface area (Å²) in [5.74, 6) is 0.847. The van der Waals surface area contributed by atoms with Crippen molar-refractivity contribution in [1.29, 1.82) is 0 Å². The summed E-state index contributed by atoms with van der Waals surface area (Å²) in [4.78, 5) is 12.5. The molecular formula is C18H26BNO4.